The molecule has 4 aliphatic rings. The molecule has 8 nitrogen and oxygen atoms in total. The average Bonchev–Trinajstić information content (AvgIpc) is 3.10. The Morgan fingerprint density at radius 3 is 2.77 bits per heavy atom. The summed E-state index contributed by atoms with van der Waals surface area (Å²) in [5, 5.41) is 10.8. The van der Waals surface area contributed by atoms with E-state index < -0.39 is 21.8 Å². The number of carbonyl (C=O) groups is 1. The summed E-state index contributed by atoms with van der Waals surface area (Å²) in [6.45, 7) is 3.54. The topological polar surface area (TPSA) is 105 Å². The number of hydrogen-bond acceptors (Lipinski definition) is 7. The van der Waals surface area contributed by atoms with Crippen molar-refractivity contribution in [2.75, 3.05) is 44.1 Å². The molecular weight excluding hydrogens is 588 g/mol. The fourth-order valence-electron chi connectivity index (χ4n) is 7.58. The number of aryl methyl sites for hydroxylation is 1. The zero-order valence-corrected chi connectivity index (χ0v) is 26.4. The fraction of sp³-hybridized carbons (Fsp3) is 0.545. The van der Waals surface area contributed by atoms with E-state index in [9.17, 15) is 18.3 Å². The smallest absolute Gasteiger partial charge is 0.264 e. The predicted octanol–water partition coefficient (Wildman–Crippen LogP) is 4.73. The second-order valence-electron chi connectivity index (χ2n) is 12.9. The lowest BCUT2D eigenvalue weighted by molar-refractivity contribution is 0.0128. The van der Waals surface area contributed by atoms with Crippen molar-refractivity contribution in [1.29, 1.82) is 0 Å². The van der Waals surface area contributed by atoms with Crippen LogP contribution in [0.15, 0.2) is 48.6 Å². The molecule has 232 valence electrons. The lowest BCUT2D eigenvalue weighted by Gasteiger charge is -2.46. The lowest BCUT2D eigenvalue weighted by atomic mass is 9.68. The first-order chi connectivity index (χ1) is 20.6. The first-order valence-corrected chi connectivity index (χ1v) is 17.3. The minimum Gasteiger partial charge on any atom is -0.490 e. The van der Waals surface area contributed by atoms with Crippen LogP contribution >= 0.6 is 11.6 Å². The second-order valence-corrected chi connectivity index (χ2v) is 15.1. The van der Waals surface area contributed by atoms with E-state index in [0.29, 0.717) is 24.8 Å². The molecular formula is C33H41ClN2O6S. The van der Waals surface area contributed by atoms with Crippen LogP contribution in [0.1, 0.15) is 54.1 Å². The molecule has 0 radical (unpaired) electrons. The SMILES string of the molecule is CO[C@H]1/C=C\[C@H](CO)[C@H](C)CS(=O)(=O)NC(=O)c2ccc3c(c2)N(C[C@@H]2CC[C@H]21)C[C@@]1(CCCc2cc(Cl)ccc21)CO3. The molecule has 0 unspecified atom stereocenters. The number of aliphatic hydroxyl groups excluding tert-OH is 1. The van der Waals surface area contributed by atoms with Crippen LogP contribution in [-0.2, 0) is 26.6 Å². The summed E-state index contributed by atoms with van der Waals surface area (Å²) in [5.74, 6) is -0.433. The number of methoxy groups -OCH3 is 1. The van der Waals surface area contributed by atoms with Gasteiger partial charge in [0.2, 0.25) is 10.0 Å². The number of benzene rings is 2. The number of fused-ring (bicyclic) bond motifs is 4. The quantitative estimate of drug-likeness (QED) is 0.464. The van der Waals surface area contributed by atoms with Crippen LogP contribution in [0.25, 0.3) is 0 Å². The maximum Gasteiger partial charge on any atom is 0.264 e. The maximum absolute atomic E-state index is 13.3. The van der Waals surface area contributed by atoms with Crippen molar-refractivity contribution >= 4 is 33.2 Å². The van der Waals surface area contributed by atoms with E-state index in [2.05, 4.69) is 21.8 Å². The highest BCUT2D eigenvalue weighted by Gasteiger charge is 2.44. The highest BCUT2D eigenvalue weighted by molar-refractivity contribution is 7.90. The highest BCUT2D eigenvalue weighted by Crippen LogP contribution is 2.47. The van der Waals surface area contributed by atoms with Gasteiger partial charge >= 0.3 is 0 Å². The number of carbonyl (C=O) groups excluding carboxylic acids is 1. The standard InChI is InChI=1S/C33H41ClN2O6S/c1-21-18-43(39,40)35-32(38)23-6-12-31-29(15-23)36(16-24-5-9-27(24)30(41-2)11-7-25(21)17-37)19-33(20-42-31)13-3-4-22-14-26(34)8-10-28(22)33/h6-8,10-12,14-15,21,24-25,27,30,37H,3-5,9,13,16-20H2,1-2H3,(H,35,38)/b11-7-/t21-,24+,25-,27-,30+,33+/m1/s1. The van der Waals surface area contributed by atoms with E-state index in [-0.39, 0.29) is 41.3 Å². The van der Waals surface area contributed by atoms with Crippen molar-refractivity contribution in [3.63, 3.8) is 0 Å². The highest BCUT2D eigenvalue weighted by atomic mass is 35.5. The summed E-state index contributed by atoms with van der Waals surface area (Å²) in [7, 11) is -2.25. The van der Waals surface area contributed by atoms with Crippen molar-refractivity contribution in [1.82, 2.24) is 4.72 Å². The number of anilines is 1. The van der Waals surface area contributed by atoms with E-state index in [1.165, 1.54) is 11.1 Å². The van der Waals surface area contributed by atoms with Crippen molar-refractivity contribution in [2.45, 2.75) is 50.5 Å². The monoisotopic (exact) mass is 628 g/mol. The van der Waals surface area contributed by atoms with Gasteiger partial charge in [0.25, 0.3) is 5.91 Å². The molecule has 6 atom stereocenters. The molecule has 2 aliphatic heterocycles. The molecule has 10 heteroatoms. The normalized spacial score (nSPS) is 32.8. The molecule has 2 N–H and O–H groups in total. The van der Waals surface area contributed by atoms with Crippen LogP contribution in [0, 0.1) is 23.7 Å². The van der Waals surface area contributed by atoms with Crippen LogP contribution < -0.4 is 14.4 Å². The van der Waals surface area contributed by atoms with Crippen molar-refractivity contribution in [3.05, 3.63) is 70.3 Å². The van der Waals surface area contributed by atoms with E-state index >= 15 is 0 Å². The summed E-state index contributed by atoms with van der Waals surface area (Å²) in [6, 6.07) is 11.4. The third kappa shape index (κ3) is 6.06. The van der Waals surface area contributed by atoms with Crippen LogP contribution in [0.2, 0.25) is 5.02 Å². The second kappa shape index (κ2) is 12.1. The Balaban J connectivity index is 1.43. The van der Waals surface area contributed by atoms with Gasteiger partial charge in [-0.2, -0.15) is 0 Å². The first kappa shape index (κ1) is 30.4. The Morgan fingerprint density at radius 2 is 2.02 bits per heavy atom. The number of amides is 1. The minimum atomic E-state index is -3.96. The van der Waals surface area contributed by atoms with Gasteiger partial charge in [0.05, 0.1) is 24.2 Å². The molecule has 1 amide bonds. The number of ether oxygens (including phenoxy) is 2. The van der Waals surface area contributed by atoms with Crippen LogP contribution in [0.3, 0.4) is 0 Å². The molecule has 2 heterocycles. The Kier molecular flexibility index (Phi) is 8.54. The molecule has 6 rings (SSSR count). The number of aliphatic hydroxyl groups is 1. The molecule has 2 aromatic rings. The number of sulfonamides is 1. The third-order valence-electron chi connectivity index (χ3n) is 10.1. The largest absolute Gasteiger partial charge is 0.490 e. The van der Waals surface area contributed by atoms with Gasteiger partial charge in [-0.1, -0.05) is 36.7 Å². The number of nitrogens with zero attached hydrogens (tertiary/aromatic N) is 1. The van der Waals surface area contributed by atoms with Crippen LogP contribution in [0.5, 0.6) is 5.75 Å². The van der Waals surface area contributed by atoms with E-state index in [4.69, 9.17) is 21.1 Å². The van der Waals surface area contributed by atoms with E-state index in [0.717, 1.165) is 49.4 Å². The first-order valence-electron chi connectivity index (χ1n) is 15.3. The van der Waals surface area contributed by atoms with Crippen LogP contribution in [-0.4, -0.2) is 64.7 Å². The molecule has 1 spiro atoms. The van der Waals surface area contributed by atoms with Gasteiger partial charge in [0.1, 0.15) is 5.75 Å². The van der Waals surface area contributed by atoms with E-state index in [1.54, 1.807) is 32.2 Å². The molecule has 1 fully saturated rings. The molecule has 2 bridgehead atoms. The van der Waals surface area contributed by atoms with Gasteiger partial charge in [0.15, 0.2) is 0 Å². The molecule has 43 heavy (non-hydrogen) atoms. The lowest BCUT2D eigenvalue weighted by Crippen LogP contribution is -2.49. The molecule has 2 aliphatic carbocycles. The summed E-state index contributed by atoms with van der Waals surface area (Å²) >= 11 is 6.40. The fourth-order valence-corrected chi connectivity index (χ4v) is 9.20. The predicted molar refractivity (Wildman–Crippen MR) is 167 cm³/mol. The third-order valence-corrected chi connectivity index (χ3v) is 11.8. The molecule has 0 saturated heterocycles. The zero-order chi connectivity index (χ0) is 30.4. The minimum absolute atomic E-state index is 0.148. The Morgan fingerprint density at radius 1 is 1.19 bits per heavy atom. The molecule has 0 aromatic heterocycles. The number of halogens is 1. The van der Waals surface area contributed by atoms with Gasteiger partial charge in [-0.25, -0.2) is 13.1 Å². The van der Waals surface area contributed by atoms with Crippen molar-refractivity contribution in [3.8, 4) is 5.75 Å². The summed E-state index contributed by atoms with van der Waals surface area (Å²) < 4.78 is 40.9. The summed E-state index contributed by atoms with van der Waals surface area (Å²) in [4.78, 5) is 15.7. The Hall–Kier alpha value is -2.59. The number of hydrogen-bond donors (Lipinski definition) is 2. The summed E-state index contributed by atoms with van der Waals surface area (Å²) in [5.41, 5.74) is 3.33. The average molecular weight is 629 g/mol. The zero-order valence-electron chi connectivity index (χ0n) is 24.8. The Bertz CT molecular complexity index is 1510. The van der Waals surface area contributed by atoms with Gasteiger partial charge < -0.3 is 19.5 Å². The van der Waals surface area contributed by atoms with Crippen molar-refractivity contribution in [2.24, 2.45) is 23.7 Å². The Labute approximate surface area is 259 Å². The van der Waals surface area contributed by atoms with Crippen LogP contribution in [0.4, 0.5) is 5.69 Å². The van der Waals surface area contributed by atoms with E-state index in [1.807, 2.05) is 18.2 Å². The van der Waals surface area contributed by atoms with Gasteiger partial charge in [0, 0.05) is 48.7 Å². The maximum atomic E-state index is 13.3. The van der Waals surface area contributed by atoms with Gasteiger partial charge in [-0.3, -0.25) is 4.79 Å². The van der Waals surface area contributed by atoms with Crippen molar-refractivity contribution < 1.29 is 27.8 Å². The number of rotatable bonds is 2. The molecule has 1 saturated carbocycles. The van der Waals surface area contributed by atoms with Gasteiger partial charge in [-0.05, 0) is 91.3 Å². The number of nitrogens with one attached hydrogen (secondary N) is 1. The summed E-state index contributed by atoms with van der Waals surface area (Å²) in [6.07, 6.45) is 8.78. The molecule has 2 aromatic carbocycles. The van der Waals surface area contributed by atoms with Gasteiger partial charge in [-0.15, -0.1) is 0 Å².